The summed E-state index contributed by atoms with van der Waals surface area (Å²) in [7, 11) is 2.11. The van der Waals surface area contributed by atoms with Gasteiger partial charge in [0.25, 0.3) is 0 Å². The van der Waals surface area contributed by atoms with E-state index < -0.39 is 0 Å². The second-order valence-electron chi connectivity index (χ2n) is 5.84. The maximum absolute atomic E-state index is 6.10. The summed E-state index contributed by atoms with van der Waals surface area (Å²) in [6.07, 6.45) is 9.23. The average Bonchev–Trinajstić information content (AvgIpc) is 2.65. The van der Waals surface area contributed by atoms with Crippen LogP contribution in [0.5, 0.6) is 0 Å². The van der Waals surface area contributed by atoms with E-state index in [2.05, 4.69) is 47.4 Å². The predicted molar refractivity (Wildman–Crippen MR) is 86.8 cm³/mol. The molecule has 0 saturated heterocycles. The van der Waals surface area contributed by atoms with E-state index in [0.29, 0.717) is 6.00 Å². The monoisotopic (exact) mass is 290 g/mol. The number of hydrazine groups is 1. The minimum absolute atomic E-state index is 0.527. The lowest BCUT2D eigenvalue weighted by molar-refractivity contribution is 0.343. The van der Waals surface area contributed by atoms with E-state index in [1.165, 1.54) is 43.4 Å². The van der Waals surface area contributed by atoms with Crippen molar-refractivity contribution >= 4 is 22.9 Å². The lowest BCUT2D eigenvalue weighted by Crippen LogP contribution is -2.38. The molecule has 3 rings (SSSR count). The number of para-hydroxylation sites is 1. The van der Waals surface area contributed by atoms with E-state index in [1.807, 2.05) is 0 Å². The van der Waals surface area contributed by atoms with E-state index in [4.69, 9.17) is 11.6 Å². The summed E-state index contributed by atoms with van der Waals surface area (Å²) in [5, 5.41) is 4.38. The molecule has 1 fully saturated rings. The van der Waals surface area contributed by atoms with Gasteiger partial charge in [-0.25, -0.2) is 5.01 Å². The second kappa shape index (κ2) is 6.19. The van der Waals surface area contributed by atoms with Gasteiger partial charge in [0.15, 0.2) is 0 Å². The molecule has 1 aromatic rings. The van der Waals surface area contributed by atoms with Gasteiger partial charge in [-0.05, 0) is 30.4 Å². The number of alkyl halides is 1. The Balaban J connectivity index is 2.00. The van der Waals surface area contributed by atoms with Crippen LogP contribution < -0.4 is 5.01 Å². The molecule has 2 aliphatic rings. The van der Waals surface area contributed by atoms with Crippen LogP contribution in [0.15, 0.2) is 30.3 Å². The SMILES string of the molecule is CN1c2ccccc2C(C2CCCCC2)=CCN1CCl. The molecule has 108 valence electrons. The molecule has 0 unspecified atom stereocenters. The summed E-state index contributed by atoms with van der Waals surface area (Å²) < 4.78 is 0. The number of benzene rings is 1. The number of hydrogen-bond acceptors (Lipinski definition) is 2. The molecule has 0 spiro atoms. The highest BCUT2D eigenvalue weighted by Gasteiger charge is 2.25. The van der Waals surface area contributed by atoms with Crippen molar-refractivity contribution in [2.45, 2.75) is 32.1 Å². The van der Waals surface area contributed by atoms with Gasteiger partial charge in [0.2, 0.25) is 0 Å². The standard InChI is InChI=1S/C17H23ClN2/c1-19-17-10-6-5-9-16(17)15(11-12-20(19)13-18)14-7-3-2-4-8-14/h5-6,9-11,14H,2-4,7-8,12-13H2,1H3. The maximum atomic E-state index is 6.10. The summed E-state index contributed by atoms with van der Waals surface area (Å²) in [4.78, 5) is 0. The molecule has 0 N–H and O–H groups in total. The molecular formula is C17H23ClN2. The second-order valence-corrected chi connectivity index (χ2v) is 6.08. The van der Waals surface area contributed by atoms with Crippen LogP contribution in [-0.2, 0) is 0 Å². The third kappa shape index (κ3) is 2.59. The highest BCUT2D eigenvalue weighted by atomic mass is 35.5. The fourth-order valence-electron chi connectivity index (χ4n) is 3.52. The fourth-order valence-corrected chi connectivity index (χ4v) is 3.78. The lowest BCUT2D eigenvalue weighted by Gasteiger charge is -2.31. The van der Waals surface area contributed by atoms with E-state index in [-0.39, 0.29) is 0 Å². The first-order valence-electron chi connectivity index (χ1n) is 7.65. The Morgan fingerprint density at radius 3 is 2.65 bits per heavy atom. The molecule has 1 saturated carbocycles. The highest BCUT2D eigenvalue weighted by Crippen LogP contribution is 2.40. The van der Waals surface area contributed by atoms with Gasteiger partial charge in [0, 0.05) is 19.2 Å². The Morgan fingerprint density at radius 1 is 1.15 bits per heavy atom. The zero-order valence-electron chi connectivity index (χ0n) is 12.2. The maximum Gasteiger partial charge on any atom is 0.0928 e. The van der Waals surface area contributed by atoms with Gasteiger partial charge in [-0.15, -0.1) is 11.6 Å². The smallest absolute Gasteiger partial charge is 0.0928 e. The van der Waals surface area contributed by atoms with Crippen LogP contribution in [0.2, 0.25) is 0 Å². The van der Waals surface area contributed by atoms with Crippen molar-refractivity contribution in [1.29, 1.82) is 0 Å². The predicted octanol–water partition coefficient (Wildman–Crippen LogP) is 4.51. The van der Waals surface area contributed by atoms with Gasteiger partial charge >= 0.3 is 0 Å². The Kier molecular flexibility index (Phi) is 4.32. The molecule has 1 aliphatic heterocycles. The molecule has 0 bridgehead atoms. The van der Waals surface area contributed by atoms with Gasteiger partial charge in [-0.1, -0.05) is 43.5 Å². The number of fused-ring (bicyclic) bond motifs is 1. The van der Waals surface area contributed by atoms with E-state index >= 15 is 0 Å². The first-order valence-corrected chi connectivity index (χ1v) is 8.18. The Bertz CT molecular complexity index is 492. The van der Waals surface area contributed by atoms with Crippen molar-refractivity contribution in [2.24, 2.45) is 5.92 Å². The third-order valence-corrected chi connectivity index (χ3v) is 4.97. The Labute approximate surface area is 127 Å². The zero-order valence-corrected chi connectivity index (χ0v) is 12.9. The fraction of sp³-hybridized carbons (Fsp3) is 0.529. The molecule has 20 heavy (non-hydrogen) atoms. The molecule has 3 heteroatoms. The van der Waals surface area contributed by atoms with Gasteiger partial charge in [-0.3, -0.25) is 0 Å². The largest absolute Gasteiger partial charge is 0.307 e. The van der Waals surface area contributed by atoms with Crippen molar-refractivity contribution in [3.8, 4) is 0 Å². The lowest BCUT2D eigenvalue weighted by atomic mass is 9.80. The number of allylic oxidation sites excluding steroid dienone is 1. The first-order chi connectivity index (χ1) is 9.81. The van der Waals surface area contributed by atoms with Gasteiger partial charge < -0.3 is 5.01 Å². The molecular weight excluding hydrogens is 268 g/mol. The van der Waals surface area contributed by atoms with E-state index in [0.717, 1.165) is 12.5 Å². The number of anilines is 1. The molecule has 0 aromatic heterocycles. The van der Waals surface area contributed by atoms with Gasteiger partial charge in [-0.2, -0.15) is 0 Å². The quantitative estimate of drug-likeness (QED) is 0.584. The van der Waals surface area contributed by atoms with Crippen molar-refractivity contribution in [3.63, 3.8) is 0 Å². The number of hydrogen-bond donors (Lipinski definition) is 0. The summed E-state index contributed by atoms with van der Waals surface area (Å²) in [5.74, 6) is 0.730. The normalized spacial score (nSPS) is 21.3. The first kappa shape index (κ1) is 14.0. The topological polar surface area (TPSA) is 6.48 Å². The number of rotatable bonds is 2. The molecule has 0 radical (unpaired) electrons. The van der Waals surface area contributed by atoms with Crippen LogP contribution in [0.1, 0.15) is 37.7 Å². The van der Waals surface area contributed by atoms with Crippen LogP contribution in [0.3, 0.4) is 0 Å². The van der Waals surface area contributed by atoms with Gasteiger partial charge in [0.1, 0.15) is 0 Å². The Morgan fingerprint density at radius 2 is 1.90 bits per heavy atom. The van der Waals surface area contributed by atoms with Crippen molar-refractivity contribution in [2.75, 3.05) is 24.6 Å². The zero-order chi connectivity index (χ0) is 13.9. The number of halogens is 1. The van der Waals surface area contributed by atoms with Gasteiger partial charge in [0.05, 0.1) is 11.7 Å². The molecule has 0 amide bonds. The van der Waals surface area contributed by atoms with Crippen molar-refractivity contribution in [3.05, 3.63) is 35.9 Å². The minimum atomic E-state index is 0.527. The van der Waals surface area contributed by atoms with Crippen molar-refractivity contribution < 1.29 is 0 Å². The van der Waals surface area contributed by atoms with E-state index in [9.17, 15) is 0 Å². The highest BCUT2D eigenvalue weighted by molar-refractivity contribution is 6.17. The third-order valence-electron chi connectivity index (χ3n) is 4.69. The van der Waals surface area contributed by atoms with Crippen LogP contribution in [0, 0.1) is 5.92 Å². The van der Waals surface area contributed by atoms with Crippen LogP contribution in [-0.4, -0.2) is 24.6 Å². The summed E-state index contributed by atoms with van der Waals surface area (Å²) in [5.41, 5.74) is 4.22. The number of nitrogens with zero attached hydrogens (tertiary/aromatic N) is 2. The van der Waals surface area contributed by atoms with Crippen LogP contribution in [0.4, 0.5) is 5.69 Å². The molecule has 1 heterocycles. The molecule has 2 nitrogen and oxygen atoms in total. The summed E-state index contributed by atoms with van der Waals surface area (Å²) in [6.45, 7) is 0.903. The molecule has 0 atom stereocenters. The minimum Gasteiger partial charge on any atom is -0.307 e. The average molecular weight is 291 g/mol. The van der Waals surface area contributed by atoms with Crippen LogP contribution in [0.25, 0.3) is 5.57 Å². The summed E-state index contributed by atoms with van der Waals surface area (Å²) in [6, 6.07) is 9.27. The Hall–Kier alpha value is -0.990. The van der Waals surface area contributed by atoms with Crippen molar-refractivity contribution in [1.82, 2.24) is 5.01 Å². The van der Waals surface area contributed by atoms with E-state index in [1.54, 1.807) is 5.57 Å². The molecule has 1 aromatic carbocycles. The molecule has 1 aliphatic carbocycles. The summed E-state index contributed by atoms with van der Waals surface area (Å²) >= 11 is 6.10. The van der Waals surface area contributed by atoms with Crippen LogP contribution >= 0.6 is 11.6 Å².